The minimum atomic E-state index is 0.896. The molecule has 0 fully saturated rings. The number of hydrogen-bond acceptors (Lipinski definition) is 4. The normalized spacial score (nSPS) is 8.38. The minimum Gasteiger partial charge on any atom is -0.241 e. The first-order chi connectivity index (χ1) is 3.93. The van der Waals surface area contributed by atoms with Gasteiger partial charge in [0.1, 0.15) is 5.40 Å². The number of aromatic nitrogens is 1. The van der Waals surface area contributed by atoms with E-state index in [1.165, 1.54) is 11.3 Å². The van der Waals surface area contributed by atoms with Crippen molar-refractivity contribution >= 4 is 23.1 Å². The number of thiocyanates is 1. The van der Waals surface area contributed by atoms with Crippen LogP contribution in [0.15, 0.2) is 10.4 Å². The molecule has 0 unspecified atom stereocenters. The Morgan fingerprint density at radius 1 is 2.00 bits per heavy atom. The van der Waals surface area contributed by atoms with E-state index in [0.29, 0.717) is 0 Å². The molecule has 1 aromatic rings. The SMILES string of the molecule is N#CSc1cn[c]s1. The molecule has 0 N–H and O–H groups in total. The highest BCUT2D eigenvalue weighted by Crippen LogP contribution is 2.18. The van der Waals surface area contributed by atoms with Crippen molar-refractivity contribution in [2.24, 2.45) is 0 Å². The molecule has 1 rings (SSSR count). The molecule has 39 valence electrons. The van der Waals surface area contributed by atoms with Crippen molar-refractivity contribution in [2.75, 3.05) is 0 Å². The van der Waals surface area contributed by atoms with Gasteiger partial charge < -0.3 is 0 Å². The highest BCUT2D eigenvalue weighted by Gasteiger charge is 1.90. The lowest BCUT2D eigenvalue weighted by Crippen LogP contribution is -1.50. The van der Waals surface area contributed by atoms with Gasteiger partial charge in [-0.3, -0.25) is 0 Å². The van der Waals surface area contributed by atoms with Gasteiger partial charge in [0.05, 0.1) is 10.4 Å². The third-order valence-corrected chi connectivity index (χ3v) is 1.92. The van der Waals surface area contributed by atoms with Crippen molar-refractivity contribution in [1.29, 1.82) is 5.26 Å². The van der Waals surface area contributed by atoms with E-state index in [-0.39, 0.29) is 0 Å². The fraction of sp³-hybridized carbons (Fsp3) is 0. The molecule has 0 saturated carbocycles. The largest absolute Gasteiger partial charge is 0.241 e. The predicted octanol–water partition coefficient (Wildman–Crippen LogP) is 1.52. The van der Waals surface area contributed by atoms with Gasteiger partial charge in [-0.1, -0.05) is 0 Å². The van der Waals surface area contributed by atoms with Crippen LogP contribution >= 0.6 is 23.1 Å². The van der Waals surface area contributed by atoms with Crippen LogP contribution in [0.5, 0.6) is 0 Å². The lowest BCUT2D eigenvalue weighted by atomic mass is 11.0. The van der Waals surface area contributed by atoms with E-state index in [1.807, 2.05) is 5.40 Å². The molecule has 0 aliphatic carbocycles. The zero-order chi connectivity index (χ0) is 5.82. The van der Waals surface area contributed by atoms with Crippen LogP contribution in [0.2, 0.25) is 0 Å². The van der Waals surface area contributed by atoms with Crippen molar-refractivity contribution in [2.45, 2.75) is 4.21 Å². The van der Waals surface area contributed by atoms with Gasteiger partial charge in [-0.15, -0.1) is 11.3 Å². The molecule has 8 heavy (non-hydrogen) atoms. The van der Waals surface area contributed by atoms with Gasteiger partial charge in [0, 0.05) is 11.8 Å². The molecule has 0 bridgehead atoms. The summed E-state index contributed by atoms with van der Waals surface area (Å²) in [5.41, 5.74) is 2.63. The van der Waals surface area contributed by atoms with E-state index < -0.39 is 0 Å². The fourth-order valence-corrected chi connectivity index (χ4v) is 1.16. The monoisotopic (exact) mass is 141 g/mol. The summed E-state index contributed by atoms with van der Waals surface area (Å²) in [7, 11) is 0. The van der Waals surface area contributed by atoms with Crippen LogP contribution in [-0.4, -0.2) is 4.98 Å². The van der Waals surface area contributed by atoms with E-state index in [2.05, 4.69) is 10.5 Å². The van der Waals surface area contributed by atoms with Crippen LogP contribution in [0.4, 0.5) is 0 Å². The van der Waals surface area contributed by atoms with Gasteiger partial charge in [0.2, 0.25) is 0 Å². The Kier molecular flexibility index (Phi) is 1.89. The van der Waals surface area contributed by atoms with Crippen LogP contribution in [-0.2, 0) is 0 Å². The lowest BCUT2D eigenvalue weighted by Gasteiger charge is -1.73. The summed E-state index contributed by atoms with van der Waals surface area (Å²) in [5.74, 6) is 0. The Morgan fingerprint density at radius 3 is 3.38 bits per heavy atom. The van der Waals surface area contributed by atoms with Gasteiger partial charge in [0.15, 0.2) is 5.51 Å². The summed E-state index contributed by atoms with van der Waals surface area (Å²) in [6, 6.07) is 0. The van der Waals surface area contributed by atoms with Crippen LogP contribution in [0.25, 0.3) is 0 Å². The lowest BCUT2D eigenvalue weighted by molar-refractivity contribution is 1.37. The van der Waals surface area contributed by atoms with Crippen molar-refractivity contribution in [3.8, 4) is 5.40 Å². The molecule has 4 heteroatoms. The van der Waals surface area contributed by atoms with Crippen molar-refractivity contribution in [1.82, 2.24) is 4.98 Å². The Balaban J connectivity index is 2.67. The molecular weight excluding hydrogens is 140 g/mol. The molecule has 0 aliphatic heterocycles. The van der Waals surface area contributed by atoms with E-state index in [4.69, 9.17) is 5.26 Å². The van der Waals surface area contributed by atoms with E-state index in [0.717, 1.165) is 16.0 Å². The molecule has 1 radical (unpaired) electrons. The van der Waals surface area contributed by atoms with Gasteiger partial charge in [0.25, 0.3) is 0 Å². The van der Waals surface area contributed by atoms with Crippen LogP contribution < -0.4 is 0 Å². The summed E-state index contributed by atoms with van der Waals surface area (Å²) in [6.45, 7) is 0. The maximum absolute atomic E-state index is 8.12. The maximum Gasteiger partial charge on any atom is 0.153 e. The number of hydrogen-bond donors (Lipinski definition) is 0. The van der Waals surface area contributed by atoms with E-state index >= 15 is 0 Å². The van der Waals surface area contributed by atoms with Gasteiger partial charge >= 0.3 is 0 Å². The quantitative estimate of drug-likeness (QED) is 0.439. The Labute approximate surface area is 55.2 Å². The zero-order valence-corrected chi connectivity index (χ0v) is 5.42. The summed E-state index contributed by atoms with van der Waals surface area (Å²) in [5, 5.41) is 10.1. The Hall–Kier alpha value is -0.530. The van der Waals surface area contributed by atoms with Crippen LogP contribution in [0, 0.1) is 16.2 Å². The first-order valence-corrected chi connectivity index (χ1v) is 3.44. The number of nitrogens with zero attached hydrogens (tertiary/aromatic N) is 2. The second-order valence-corrected chi connectivity index (χ2v) is 2.88. The van der Waals surface area contributed by atoms with Crippen LogP contribution in [0.1, 0.15) is 0 Å². The zero-order valence-electron chi connectivity index (χ0n) is 3.79. The van der Waals surface area contributed by atoms with Crippen molar-refractivity contribution in [3.63, 3.8) is 0 Å². The molecule has 1 heterocycles. The van der Waals surface area contributed by atoms with Crippen molar-refractivity contribution < 1.29 is 0 Å². The molecule has 0 aromatic carbocycles. The molecular formula is C4HN2S2. The molecule has 0 aliphatic rings. The molecule has 2 nitrogen and oxygen atoms in total. The standard InChI is InChI=1S/C4HN2S2/c5-2-7-4-1-6-3-8-4/h1H. The average Bonchev–Trinajstić information content (AvgIpc) is 2.19. The van der Waals surface area contributed by atoms with Crippen molar-refractivity contribution in [3.05, 3.63) is 11.7 Å². The van der Waals surface area contributed by atoms with Gasteiger partial charge in [-0.2, -0.15) is 5.26 Å². The molecule has 0 saturated heterocycles. The smallest absolute Gasteiger partial charge is 0.153 e. The van der Waals surface area contributed by atoms with Crippen LogP contribution in [0.3, 0.4) is 0 Å². The summed E-state index contributed by atoms with van der Waals surface area (Å²) < 4.78 is 0.896. The topological polar surface area (TPSA) is 36.7 Å². The molecule has 0 atom stereocenters. The van der Waals surface area contributed by atoms with Gasteiger partial charge in [-0.05, 0) is 0 Å². The first-order valence-electron chi connectivity index (χ1n) is 1.81. The van der Waals surface area contributed by atoms with E-state index in [1.54, 1.807) is 6.20 Å². The predicted molar refractivity (Wildman–Crippen MR) is 32.4 cm³/mol. The maximum atomic E-state index is 8.12. The third kappa shape index (κ3) is 1.22. The fourth-order valence-electron chi connectivity index (χ4n) is 0.269. The van der Waals surface area contributed by atoms with Gasteiger partial charge in [-0.25, -0.2) is 4.98 Å². The first kappa shape index (κ1) is 5.60. The summed E-state index contributed by atoms with van der Waals surface area (Å²) in [6.07, 6.45) is 1.62. The number of rotatable bonds is 1. The molecule has 1 aromatic heterocycles. The number of thioether (sulfide) groups is 1. The van der Waals surface area contributed by atoms with E-state index in [9.17, 15) is 0 Å². The molecule has 0 spiro atoms. The molecule has 0 amide bonds. The number of thiazole rings is 1. The second-order valence-electron chi connectivity index (χ2n) is 0.964. The minimum absolute atomic E-state index is 0.896. The summed E-state index contributed by atoms with van der Waals surface area (Å²) in [4.78, 5) is 3.66. The highest BCUT2D eigenvalue weighted by atomic mass is 32.2. The summed E-state index contributed by atoms with van der Waals surface area (Å²) >= 11 is 2.46. The second kappa shape index (κ2) is 2.70. The average molecular weight is 141 g/mol. The highest BCUT2D eigenvalue weighted by molar-refractivity contribution is 8.05. The number of nitriles is 1. The Morgan fingerprint density at radius 2 is 2.88 bits per heavy atom. The Bertz CT molecular complexity index is 186. The third-order valence-electron chi connectivity index (χ3n) is 0.515.